The smallest absolute Gasteiger partial charge is 0.372 e. The molecule has 0 fully saturated rings. The Morgan fingerprint density at radius 3 is 2.87 bits per heavy atom. The Hall–Kier alpha value is -2.17. The second kappa shape index (κ2) is 3.91. The Morgan fingerprint density at radius 1 is 1.33 bits per heavy atom. The first-order chi connectivity index (χ1) is 7.27. The third kappa shape index (κ3) is 2.01. The number of carboxylic acids is 1. The first-order valence-electron chi connectivity index (χ1n) is 4.41. The van der Waals surface area contributed by atoms with Gasteiger partial charge in [0.1, 0.15) is 0 Å². The van der Waals surface area contributed by atoms with Crippen molar-refractivity contribution in [3.8, 4) is 0 Å². The van der Waals surface area contributed by atoms with Crippen molar-refractivity contribution < 1.29 is 9.90 Å². The molecule has 2 rings (SSSR count). The average molecular weight is 203 g/mol. The van der Waals surface area contributed by atoms with Gasteiger partial charge in [0.2, 0.25) is 5.82 Å². The third-order valence-corrected chi connectivity index (χ3v) is 1.97. The second-order valence-electron chi connectivity index (χ2n) is 3.00. The number of rotatable bonds is 3. The number of pyridine rings is 1. The van der Waals surface area contributed by atoms with E-state index < -0.39 is 5.97 Å². The normalized spacial score (nSPS) is 10.1. The van der Waals surface area contributed by atoms with Gasteiger partial charge in [-0.2, -0.15) is 0 Å². The Labute approximate surface area is 86.0 Å². The highest BCUT2D eigenvalue weighted by molar-refractivity contribution is 5.83. The molecule has 76 valence electrons. The van der Waals surface area contributed by atoms with Gasteiger partial charge in [0, 0.05) is 18.6 Å². The van der Waals surface area contributed by atoms with Crippen LogP contribution in [0.25, 0.3) is 0 Å². The van der Waals surface area contributed by atoms with Gasteiger partial charge < -0.3 is 9.67 Å². The van der Waals surface area contributed by atoms with E-state index >= 15 is 0 Å². The summed E-state index contributed by atoms with van der Waals surface area (Å²) in [6.45, 7) is 0.419. The summed E-state index contributed by atoms with van der Waals surface area (Å²) in [6.07, 6.45) is 4.76. The molecule has 0 spiro atoms. The molecule has 0 aliphatic carbocycles. The van der Waals surface area contributed by atoms with Crippen molar-refractivity contribution in [3.05, 3.63) is 48.3 Å². The zero-order chi connectivity index (χ0) is 10.7. The third-order valence-electron chi connectivity index (χ3n) is 1.97. The largest absolute Gasteiger partial charge is 0.475 e. The number of aromatic carboxylic acids is 1. The lowest BCUT2D eigenvalue weighted by Crippen LogP contribution is -2.10. The average Bonchev–Trinajstić information content (AvgIpc) is 2.67. The van der Waals surface area contributed by atoms with E-state index in [2.05, 4.69) is 9.97 Å². The van der Waals surface area contributed by atoms with Gasteiger partial charge in [-0.05, 0) is 12.1 Å². The maximum Gasteiger partial charge on any atom is 0.372 e. The van der Waals surface area contributed by atoms with Crippen LogP contribution in [0, 0.1) is 0 Å². The highest BCUT2D eigenvalue weighted by atomic mass is 16.4. The summed E-state index contributed by atoms with van der Waals surface area (Å²) >= 11 is 0. The van der Waals surface area contributed by atoms with Gasteiger partial charge in [-0.3, -0.25) is 4.98 Å². The summed E-state index contributed by atoms with van der Waals surface area (Å²) in [5.41, 5.74) is 0.804. The lowest BCUT2D eigenvalue weighted by atomic mass is 10.3. The predicted molar refractivity (Wildman–Crippen MR) is 52.5 cm³/mol. The monoisotopic (exact) mass is 203 g/mol. The van der Waals surface area contributed by atoms with Crippen LogP contribution < -0.4 is 0 Å². The lowest BCUT2D eigenvalue weighted by Gasteiger charge is -2.03. The van der Waals surface area contributed by atoms with Crippen LogP contribution in [-0.4, -0.2) is 25.6 Å². The SMILES string of the molecule is O=C(O)c1nccn1Cc1ccccn1. The second-order valence-corrected chi connectivity index (χ2v) is 3.00. The number of hydrogen-bond donors (Lipinski definition) is 1. The number of aromatic nitrogens is 3. The fourth-order valence-electron chi connectivity index (χ4n) is 1.30. The Balaban J connectivity index is 2.25. The molecule has 0 saturated carbocycles. The number of imidazole rings is 1. The van der Waals surface area contributed by atoms with Gasteiger partial charge in [-0.15, -0.1) is 0 Å². The van der Waals surface area contributed by atoms with Crippen LogP contribution >= 0.6 is 0 Å². The Morgan fingerprint density at radius 2 is 2.20 bits per heavy atom. The summed E-state index contributed by atoms with van der Waals surface area (Å²) in [5.74, 6) is -1.00. The van der Waals surface area contributed by atoms with Crippen molar-refractivity contribution in [1.82, 2.24) is 14.5 Å². The molecule has 0 saturated heterocycles. The van der Waals surface area contributed by atoms with Crippen LogP contribution in [0.2, 0.25) is 0 Å². The topological polar surface area (TPSA) is 68.0 Å². The number of carbonyl (C=O) groups is 1. The van der Waals surface area contributed by atoms with Crippen molar-refractivity contribution in [1.29, 1.82) is 0 Å². The molecule has 0 aliphatic rings. The maximum absolute atomic E-state index is 10.8. The Kier molecular flexibility index (Phi) is 2.45. The van der Waals surface area contributed by atoms with Crippen LogP contribution in [0.4, 0.5) is 0 Å². The Bertz CT molecular complexity index is 465. The zero-order valence-corrected chi connectivity index (χ0v) is 7.87. The molecule has 2 aromatic heterocycles. The molecule has 0 bridgehead atoms. The van der Waals surface area contributed by atoms with E-state index in [1.165, 1.54) is 6.20 Å². The van der Waals surface area contributed by atoms with Crippen molar-refractivity contribution in [2.45, 2.75) is 6.54 Å². The van der Waals surface area contributed by atoms with E-state index in [0.717, 1.165) is 5.69 Å². The van der Waals surface area contributed by atoms with Gasteiger partial charge in [0.15, 0.2) is 0 Å². The minimum absolute atomic E-state index is 0.0284. The molecule has 0 unspecified atom stereocenters. The highest BCUT2D eigenvalue weighted by Crippen LogP contribution is 2.02. The molecular formula is C10H9N3O2. The van der Waals surface area contributed by atoms with Crippen LogP contribution in [0.5, 0.6) is 0 Å². The summed E-state index contributed by atoms with van der Waals surface area (Å²) in [5, 5.41) is 8.83. The molecular weight excluding hydrogens is 194 g/mol. The van der Waals surface area contributed by atoms with Crippen molar-refractivity contribution in [2.75, 3.05) is 0 Å². The van der Waals surface area contributed by atoms with E-state index in [1.54, 1.807) is 17.0 Å². The number of hydrogen-bond acceptors (Lipinski definition) is 3. The van der Waals surface area contributed by atoms with Gasteiger partial charge in [0.25, 0.3) is 0 Å². The zero-order valence-electron chi connectivity index (χ0n) is 7.87. The van der Waals surface area contributed by atoms with Crippen LogP contribution in [0.3, 0.4) is 0 Å². The number of carboxylic acid groups (broad SMARTS) is 1. The van der Waals surface area contributed by atoms with Gasteiger partial charge in [-0.25, -0.2) is 9.78 Å². The molecule has 0 amide bonds. The fourth-order valence-corrected chi connectivity index (χ4v) is 1.30. The van der Waals surface area contributed by atoms with E-state index in [9.17, 15) is 4.79 Å². The standard InChI is InChI=1S/C10H9N3O2/c14-10(15)9-12-5-6-13(9)7-8-3-1-2-4-11-8/h1-6H,7H2,(H,14,15). The lowest BCUT2D eigenvalue weighted by molar-refractivity contribution is 0.0679. The molecule has 2 aromatic rings. The van der Waals surface area contributed by atoms with Crippen LogP contribution in [0.15, 0.2) is 36.8 Å². The summed E-state index contributed by atoms with van der Waals surface area (Å²) in [7, 11) is 0. The molecule has 0 aliphatic heterocycles. The summed E-state index contributed by atoms with van der Waals surface area (Å²) < 4.78 is 1.55. The molecule has 0 aromatic carbocycles. The minimum atomic E-state index is -1.03. The van der Waals surface area contributed by atoms with Gasteiger partial charge >= 0.3 is 5.97 Å². The molecule has 15 heavy (non-hydrogen) atoms. The van der Waals surface area contributed by atoms with Gasteiger partial charge in [0.05, 0.1) is 12.2 Å². The quantitative estimate of drug-likeness (QED) is 0.808. The molecule has 5 nitrogen and oxygen atoms in total. The summed E-state index contributed by atoms with van der Waals surface area (Å²) in [4.78, 5) is 18.6. The molecule has 0 atom stereocenters. The summed E-state index contributed by atoms with van der Waals surface area (Å²) in [6, 6.07) is 5.51. The first kappa shape index (κ1) is 9.39. The maximum atomic E-state index is 10.8. The molecule has 5 heteroatoms. The fraction of sp³-hybridized carbons (Fsp3) is 0.100. The van der Waals surface area contributed by atoms with Gasteiger partial charge in [-0.1, -0.05) is 6.07 Å². The molecule has 2 heterocycles. The van der Waals surface area contributed by atoms with E-state index in [1.807, 2.05) is 18.2 Å². The van der Waals surface area contributed by atoms with E-state index in [-0.39, 0.29) is 5.82 Å². The molecule has 0 radical (unpaired) electrons. The first-order valence-corrected chi connectivity index (χ1v) is 4.41. The van der Waals surface area contributed by atoms with Crippen LogP contribution in [0.1, 0.15) is 16.3 Å². The molecule has 1 N–H and O–H groups in total. The van der Waals surface area contributed by atoms with Crippen molar-refractivity contribution in [2.24, 2.45) is 0 Å². The van der Waals surface area contributed by atoms with Crippen LogP contribution in [-0.2, 0) is 6.54 Å². The minimum Gasteiger partial charge on any atom is -0.475 e. The number of nitrogens with zero attached hydrogens (tertiary/aromatic N) is 3. The van der Waals surface area contributed by atoms with E-state index in [0.29, 0.717) is 6.54 Å². The van der Waals surface area contributed by atoms with Crippen molar-refractivity contribution >= 4 is 5.97 Å². The van der Waals surface area contributed by atoms with Crippen molar-refractivity contribution in [3.63, 3.8) is 0 Å². The predicted octanol–water partition coefficient (Wildman–Crippen LogP) is 1.02. The van der Waals surface area contributed by atoms with E-state index in [4.69, 9.17) is 5.11 Å². The highest BCUT2D eigenvalue weighted by Gasteiger charge is 2.10.